The maximum absolute atomic E-state index is 9.97. The first-order valence-corrected chi connectivity index (χ1v) is 6.73. The number of aryl methyl sites for hydroxylation is 1. The number of rotatable bonds is 2. The van der Waals surface area contributed by atoms with Crippen molar-refractivity contribution in [1.29, 1.82) is 0 Å². The summed E-state index contributed by atoms with van der Waals surface area (Å²) in [5.41, 5.74) is 4.77. The van der Waals surface area contributed by atoms with E-state index in [0.717, 1.165) is 30.6 Å². The highest BCUT2D eigenvalue weighted by molar-refractivity contribution is 5.66. The summed E-state index contributed by atoms with van der Waals surface area (Å²) in [4.78, 5) is 0. The number of aliphatic hydroxyl groups is 1. The summed E-state index contributed by atoms with van der Waals surface area (Å²) >= 11 is 0. The lowest BCUT2D eigenvalue weighted by atomic mass is 9.87. The van der Waals surface area contributed by atoms with Crippen molar-refractivity contribution in [2.45, 2.75) is 25.4 Å². The summed E-state index contributed by atoms with van der Waals surface area (Å²) in [5.74, 6) is 0.872. The van der Waals surface area contributed by atoms with E-state index in [-0.39, 0.29) is 6.10 Å². The van der Waals surface area contributed by atoms with Crippen LogP contribution >= 0.6 is 0 Å². The predicted molar refractivity (Wildman–Crippen MR) is 76.3 cm³/mol. The minimum atomic E-state index is -0.284. The number of hydrogen-bond acceptors (Lipinski definition) is 2. The standard InChI is InChI=1S/C17H18O2/c1-19-15-8-5-12(6-9-15)13-7-10-16-14(11-13)3-2-4-17(16)18/h5-11,17-18H,2-4H2,1H3. The van der Waals surface area contributed by atoms with Gasteiger partial charge in [0.15, 0.2) is 0 Å². The van der Waals surface area contributed by atoms with Gasteiger partial charge in [-0.15, -0.1) is 0 Å². The molecule has 1 atom stereocenters. The van der Waals surface area contributed by atoms with Gasteiger partial charge < -0.3 is 9.84 Å². The number of benzene rings is 2. The molecule has 98 valence electrons. The third kappa shape index (κ3) is 2.36. The monoisotopic (exact) mass is 254 g/mol. The van der Waals surface area contributed by atoms with Gasteiger partial charge in [-0.1, -0.05) is 30.3 Å². The fourth-order valence-corrected chi connectivity index (χ4v) is 2.75. The molecule has 0 aromatic heterocycles. The third-order valence-corrected chi connectivity index (χ3v) is 3.85. The van der Waals surface area contributed by atoms with Crippen molar-refractivity contribution in [3.05, 3.63) is 53.6 Å². The van der Waals surface area contributed by atoms with Gasteiger partial charge in [0.05, 0.1) is 13.2 Å². The van der Waals surface area contributed by atoms with E-state index >= 15 is 0 Å². The van der Waals surface area contributed by atoms with E-state index in [1.54, 1.807) is 7.11 Å². The largest absolute Gasteiger partial charge is 0.497 e. The highest BCUT2D eigenvalue weighted by Gasteiger charge is 2.17. The lowest BCUT2D eigenvalue weighted by Crippen LogP contribution is -2.08. The number of hydrogen-bond donors (Lipinski definition) is 1. The topological polar surface area (TPSA) is 29.5 Å². The van der Waals surface area contributed by atoms with Crippen LogP contribution in [0.1, 0.15) is 30.1 Å². The fraction of sp³-hybridized carbons (Fsp3) is 0.294. The second-order valence-corrected chi connectivity index (χ2v) is 5.05. The number of methoxy groups -OCH3 is 1. The summed E-state index contributed by atoms with van der Waals surface area (Å²) in [7, 11) is 1.68. The van der Waals surface area contributed by atoms with E-state index in [1.807, 2.05) is 12.1 Å². The quantitative estimate of drug-likeness (QED) is 0.884. The van der Waals surface area contributed by atoms with Gasteiger partial charge in [0, 0.05) is 0 Å². The Kier molecular flexibility index (Phi) is 3.26. The van der Waals surface area contributed by atoms with Crippen LogP contribution in [0.5, 0.6) is 5.75 Å². The molecule has 1 N–H and O–H groups in total. The molecule has 3 rings (SSSR count). The van der Waals surface area contributed by atoms with Crippen LogP contribution in [0.25, 0.3) is 11.1 Å². The molecule has 0 saturated carbocycles. The maximum atomic E-state index is 9.97. The molecule has 0 saturated heterocycles. The summed E-state index contributed by atoms with van der Waals surface area (Å²) in [6.45, 7) is 0. The maximum Gasteiger partial charge on any atom is 0.118 e. The van der Waals surface area contributed by atoms with Gasteiger partial charge in [0.2, 0.25) is 0 Å². The smallest absolute Gasteiger partial charge is 0.118 e. The van der Waals surface area contributed by atoms with Crippen LogP contribution in [0.3, 0.4) is 0 Å². The third-order valence-electron chi connectivity index (χ3n) is 3.85. The van der Waals surface area contributed by atoms with E-state index < -0.39 is 0 Å². The fourth-order valence-electron chi connectivity index (χ4n) is 2.75. The minimum Gasteiger partial charge on any atom is -0.497 e. The van der Waals surface area contributed by atoms with Crippen molar-refractivity contribution in [1.82, 2.24) is 0 Å². The van der Waals surface area contributed by atoms with Crippen LogP contribution in [0.2, 0.25) is 0 Å². The first-order valence-electron chi connectivity index (χ1n) is 6.73. The van der Waals surface area contributed by atoms with Crippen molar-refractivity contribution in [3.63, 3.8) is 0 Å². The average Bonchev–Trinajstić information content (AvgIpc) is 2.47. The highest BCUT2D eigenvalue weighted by Crippen LogP contribution is 2.33. The second kappa shape index (κ2) is 5.06. The molecule has 19 heavy (non-hydrogen) atoms. The Morgan fingerprint density at radius 2 is 1.79 bits per heavy atom. The Labute approximate surface area is 113 Å². The molecule has 1 unspecified atom stereocenters. The van der Waals surface area contributed by atoms with Gasteiger partial charge in [-0.25, -0.2) is 0 Å². The summed E-state index contributed by atoms with van der Waals surface area (Å²) in [6, 6.07) is 14.5. The number of fused-ring (bicyclic) bond motifs is 1. The molecule has 0 radical (unpaired) electrons. The summed E-state index contributed by atoms with van der Waals surface area (Å²) in [6.07, 6.45) is 2.74. The number of ether oxygens (including phenoxy) is 1. The molecule has 2 nitrogen and oxygen atoms in total. The first-order chi connectivity index (χ1) is 9.28. The second-order valence-electron chi connectivity index (χ2n) is 5.05. The predicted octanol–water partition coefficient (Wildman–Crippen LogP) is 3.73. The van der Waals surface area contributed by atoms with Crippen LogP contribution in [-0.4, -0.2) is 12.2 Å². The molecular weight excluding hydrogens is 236 g/mol. The first kappa shape index (κ1) is 12.2. The molecule has 0 aliphatic heterocycles. The van der Waals surface area contributed by atoms with Crippen LogP contribution in [-0.2, 0) is 6.42 Å². The summed E-state index contributed by atoms with van der Waals surface area (Å²) < 4.78 is 5.18. The molecule has 2 aromatic rings. The van der Waals surface area contributed by atoms with Gasteiger partial charge in [-0.3, -0.25) is 0 Å². The van der Waals surface area contributed by atoms with Gasteiger partial charge in [-0.2, -0.15) is 0 Å². The lowest BCUT2D eigenvalue weighted by molar-refractivity contribution is 0.156. The zero-order chi connectivity index (χ0) is 13.2. The molecule has 0 amide bonds. The van der Waals surface area contributed by atoms with Crippen molar-refractivity contribution < 1.29 is 9.84 Å². The molecule has 2 aromatic carbocycles. The summed E-state index contributed by atoms with van der Waals surface area (Å²) in [5, 5.41) is 9.97. The minimum absolute atomic E-state index is 0.284. The zero-order valence-electron chi connectivity index (χ0n) is 11.1. The zero-order valence-corrected chi connectivity index (χ0v) is 11.1. The van der Waals surface area contributed by atoms with Crippen molar-refractivity contribution in [2.75, 3.05) is 7.11 Å². The van der Waals surface area contributed by atoms with E-state index in [4.69, 9.17) is 4.74 Å². The van der Waals surface area contributed by atoms with Crippen molar-refractivity contribution in [3.8, 4) is 16.9 Å². The average molecular weight is 254 g/mol. The van der Waals surface area contributed by atoms with Gasteiger partial charge in [0.1, 0.15) is 5.75 Å². The molecule has 0 bridgehead atoms. The normalized spacial score (nSPS) is 17.9. The Morgan fingerprint density at radius 3 is 2.53 bits per heavy atom. The molecule has 2 heteroatoms. The Morgan fingerprint density at radius 1 is 1.05 bits per heavy atom. The van der Waals surface area contributed by atoms with Gasteiger partial charge >= 0.3 is 0 Å². The molecule has 1 aliphatic carbocycles. The van der Waals surface area contributed by atoms with Gasteiger partial charge in [-0.05, 0) is 53.6 Å². The van der Waals surface area contributed by atoms with Crippen LogP contribution in [0.15, 0.2) is 42.5 Å². The Balaban J connectivity index is 1.96. The lowest BCUT2D eigenvalue weighted by Gasteiger charge is -2.22. The van der Waals surface area contributed by atoms with Crippen LogP contribution in [0, 0.1) is 0 Å². The van der Waals surface area contributed by atoms with E-state index in [1.165, 1.54) is 16.7 Å². The van der Waals surface area contributed by atoms with Crippen LogP contribution in [0.4, 0.5) is 0 Å². The Bertz CT molecular complexity index is 572. The molecule has 0 fully saturated rings. The number of aliphatic hydroxyl groups excluding tert-OH is 1. The molecular formula is C17H18O2. The van der Waals surface area contributed by atoms with E-state index in [2.05, 4.69) is 30.3 Å². The van der Waals surface area contributed by atoms with Gasteiger partial charge in [0.25, 0.3) is 0 Å². The van der Waals surface area contributed by atoms with Crippen molar-refractivity contribution in [2.24, 2.45) is 0 Å². The van der Waals surface area contributed by atoms with Crippen LogP contribution < -0.4 is 4.74 Å². The van der Waals surface area contributed by atoms with E-state index in [0.29, 0.717) is 0 Å². The molecule has 0 heterocycles. The van der Waals surface area contributed by atoms with E-state index in [9.17, 15) is 5.11 Å². The molecule has 1 aliphatic rings. The molecule has 0 spiro atoms. The SMILES string of the molecule is COc1ccc(-c2ccc3c(c2)CCCC3O)cc1. The highest BCUT2D eigenvalue weighted by atomic mass is 16.5. The van der Waals surface area contributed by atoms with Crippen molar-refractivity contribution >= 4 is 0 Å². The Hall–Kier alpha value is -1.80.